The van der Waals surface area contributed by atoms with Crippen LogP contribution in [0.25, 0.3) is 0 Å². The van der Waals surface area contributed by atoms with Gasteiger partial charge in [-0.1, -0.05) is 13.2 Å². The summed E-state index contributed by atoms with van der Waals surface area (Å²) in [5.74, 6) is -2.75. The maximum Gasteiger partial charge on any atom is 0.334 e. The molecule has 0 aromatic heterocycles. The standard InChI is InChI=1S/C17H24N4O5/c1-9(2)13(22)18-11(5)7-20-15(24)16(25)21(17(20)26)8-12(6)19-14(23)10(3)4/h11-12H,1,3,7-8H2,2,4-6H3,(H,18,22)(H,19,23). The van der Waals surface area contributed by atoms with Crippen molar-refractivity contribution < 1.29 is 24.0 Å². The van der Waals surface area contributed by atoms with E-state index in [1.807, 2.05) is 0 Å². The average Bonchev–Trinajstić information content (AvgIpc) is 2.72. The molecule has 1 fully saturated rings. The molecule has 0 spiro atoms. The molecule has 142 valence electrons. The Kier molecular flexibility index (Phi) is 6.82. The SMILES string of the molecule is C=C(C)C(=O)NC(C)CN1C(=O)C(=O)N(CC(C)NC(=O)C(=C)C)C1=O. The van der Waals surface area contributed by atoms with E-state index in [-0.39, 0.29) is 24.2 Å². The Hall–Kier alpha value is -2.97. The van der Waals surface area contributed by atoms with Gasteiger partial charge in [0.25, 0.3) is 0 Å². The highest BCUT2D eigenvalue weighted by Crippen LogP contribution is 2.13. The Balaban J connectivity index is 2.74. The lowest BCUT2D eigenvalue weighted by Gasteiger charge is -2.22. The lowest BCUT2D eigenvalue weighted by Crippen LogP contribution is -2.47. The second-order valence-electron chi connectivity index (χ2n) is 6.42. The van der Waals surface area contributed by atoms with Gasteiger partial charge in [-0.05, 0) is 27.7 Å². The molecular formula is C17H24N4O5. The Morgan fingerprint density at radius 2 is 1.15 bits per heavy atom. The first-order valence-electron chi connectivity index (χ1n) is 8.05. The molecule has 1 heterocycles. The minimum absolute atomic E-state index is 0.147. The lowest BCUT2D eigenvalue weighted by molar-refractivity contribution is -0.143. The number of hydrogen-bond acceptors (Lipinski definition) is 5. The summed E-state index contributed by atoms with van der Waals surface area (Å²) in [6.45, 7) is 13.0. The Morgan fingerprint density at radius 1 is 0.846 bits per heavy atom. The van der Waals surface area contributed by atoms with Crippen LogP contribution in [0.3, 0.4) is 0 Å². The minimum atomic E-state index is -0.968. The molecule has 0 aliphatic carbocycles. The first-order chi connectivity index (χ1) is 12.0. The van der Waals surface area contributed by atoms with Crippen LogP contribution in [0.4, 0.5) is 4.79 Å². The van der Waals surface area contributed by atoms with Crippen molar-refractivity contribution in [2.45, 2.75) is 39.8 Å². The number of amides is 6. The summed E-state index contributed by atoms with van der Waals surface area (Å²) >= 11 is 0. The van der Waals surface area contributed by atoms with Gasteiger partial charge in [-0.2, -0.15) is 0 Å². The van der Waals surface area contributed by atoms with Gasteiger partial charge in [0.1, 0.15) is 0 Å². The van der Waals surface area contributed by atoms with Gasteiger partial charge in [0.2, 0.25) is 11.8 Å². The van der Waals surface area contributed by atoms with E-state index in [1.54, 1.807) is 13.8 Å². The third-order valence-electron chi connectivity index (χ3n) is 3.58. The van der Waals surface area contributed by atoms with Crippen LogP contribution in [0, 0.1) is 0 Å². The topological polar surface area (TPSA) is 116 Å². The van der Waals surface area contributed by atoms with E-state index in [0.717, 1.165) is 9.80 Å². The van der Waals surface area contributed by atoms with E-state index in [2.05, 4.69) is 23.8 Å². The molecule has 0 aromatic carbocycles. The molecule has 1 aliphatic rings. The van der Waals surface area contributed by atoms with Crippen molar-refractivity contribution in [3.05, 3.63) is 24.3 Å². The zero-order valence-electron chi connectivity index (χ0n) is 15.4. The number of carbonyl (C=O) groups is 5. The largest absolute Gasteiger partial charge is 0.348 e. The highest BCUT2D eigenvalue weighted by atomic mass is 16.2. The van der Waals surface area contributed by atoms with Crippen molar-refractivity contribution in [1.82, 2.24) is 20.4 Å². The number of carbonyl (C=O) groups excluding carboxylic acids is 5. The van der Waals surface area contributed by atoms with Crippen LogP contribution in [-0.4, -0.2) is 64.6 Å². The molecular weight excluding hydrogens is 340 g/mol. The maximum atomic E-state index is 12.4. The molecule has 2 N–H and O–H groups in total. The predicted octanol–water partition coefficient (Wildman–Crippen LogP) is -0.0612. The summed E-state index contributed by atoms with van der Waals surface area (Å²) in [5, 5.41) is 5.15. The van der Waals surface area contributed by atoms with Crippen LogP contribution in [0.15, 0.2) is 24.3 Å². The zero-order valence-corrected chi connectivity index (χ0v) is 15.4. The van der Waals surface area contributed by atoms with Gasteiger partial charge in [-0.3, -0.25) is 29.0 Å². The molecule has 6 amide bonds. The molecule has 2 unspecified atom stereocenters. The second kappa shape index (κ2) is 8.41. The number of nitrogens with zero attached hydrogens (tertiary/aromatic N) is 2. The van der Waals surface area contributed by atoms with Gasteiger partial charge in [-0.15, -0.1) is 0 Å². The fourth-order valence-electron chi connectivity index (χ4n) is 2.21. The van der Waals surface area contributed by atoms with Crippen LogP contribution in [-0.2, 0) is 19.2 Å². The van der Waals surface area contributed by atoms with E-state index >= 15 is 0 Å². The highest BCUT2D eigenvalue weighted by molar-refractivity contribution is 6.44. The van der Waals surface area contributed by atoms with Crippen LogP contribution < -0.4 is 10.6 Å². The Morgan fingerprint density at radius 3 is 1.42 bits per heavy atom. The normalized spacial score (nSPS) is 16.4. The molecule has 0 aromatic rings. The minimum Gasteiger partial charge on any atom is -0.348 e. The third kappa shape index (κ3) is 5.01. The molecule has 26 heavy (non-hydrogen) atoms. The van der Waals surface area contributed by atoms with Crippen LogP contribution >= 0.6 is 0 Å². The summed E-state index contributed by atoms with van der Waals surface area (Å²) in [5.41, 5.74) is 0.575. The maximum absolute atomic E-state index is 12.4. The number of rotatable bonds is 8. The third-order valence-corrected chi connectivity index (χ3v) is 3.58. The van der Waals surface area contributed by atoms with Gasteiger partial charge < -0.3 is 10.6 Å². The first-order valence-corrected chi connectivity index (χ1v) is 8.05. The Labute approximate surface area is 152 Å². The van der Waals surface area contributed by atoms with Crippen molar-refractivity contribution in [2.75, 3.05) is 13.1 Å². The molecule has 1 saturated heterocycles. The highest BCUT2D eigenvalue weighted by Gasteiger charge is 2.45. The molecule has 1 aliphatic heterocycles. The van der Waals surface area contributed by atoms with Crippen molar-refractivity contribution in [3.63, 3.8) is 0 Å². The van der Waals surface area contributed by atoms with Crippen LogP contribution in [0.5, 0.6) is 0 Å². The smallest absolute Gasteiger partial charge is 0.334 e. The van der Waals surface area contributed by atoms with Crippen molar-refractivity contribution in [2.24, 2.45) is 0 Å². The van der Waals surface area contributed by atoms with Gasteiger partial charge in [0.05, 0.1) is 13.1 Å². The summed E-state index contributed by atoms with van der Waals surface area (Å²) in [4.78, 5) is 61.3. The molecule has 9 heteroatoms. The molecule has 0 radical (unpaired) electrons. The number of hydrogen-bond donors (Lipinski definition) is 2. The summed E-state index contributed by atoms with van der Waals surface area (Å²) in [6.07, 6.45) is 0. The molecule has 1 rings (SSSR count). The molecule has 9 nitrogen and oxygen atoms in total. The fraction of sp³-hybridized carbons (Fsp3) is 0.471. The van der Waals surface area contributed by atoms with E-state index in [9.17, 15) is 24.0 Å². The average molecular weight is 364 g/mol. The van der Waals surface area contributed by atoms with Crippen molar-refractivity contribution in [1.29, 1.82) is 0 Å². The van der Waals surface area contributed by atoms with E-state index in [1.165, 1.54) is 13.8 Å². The van der Waals surface area contributed by atoms with Gasteiger partial charge in [-0.25, -0.2) is 4.79 Å². The molecule has 0 saturated carbocycles. The van der Waals surface area contributed by atoms with E-state index in [0.29, 0.717) is 0 Å². The summed E-state index contributed by atoms with van der Waals surface area (Å²) in [7, 11) is 0. The zero-order chi connectivity index (χ0) is 20.2. The molecule has 0 bridgehead atoms. The number of imide groups is 2. The van der Waals surface area contributed by atoms with Crippen LogP contribution in [0.2, 0.25) is 0 Å². The van der Waals surface area contributed by atoms with Crippen molar-refractivity contribution >= 4 is 29.7 Å². The number of urea groups is 1. The first kappa shape index (κ1) is 21.1. The fourth-order valence-corrected chi connectivity index (χ4v) is 2.21. The van der Waals surface area contributed by atoms with Gasteiger partial charge in [0, 0.05) is 23.2 Å². The summed E-state index contributed by atoms with van der Waals surface area (Å²) < 4.78 is 0. The van der Waals surface area contributed by atoms with Crippen molar-refractivity contribution in [3.8, 4) is 0 Å². The quantitative estimate of drug-likeness (QED) is 0.356. The Bertz CT molecular complexity index is 629. The molecule has 2 atom stereocenters. The number of nitrogens with one attached hydrogen (secondary N) is 2. The van der Waals surface area contributed by atoms with Gasteiger partial charge in [0.15, 0.2) is 0 Å². The van der Waals surface area contributed by atoms with Crippen LogP contribution in [0.1, 0.15) is 27.7 Å². The second-order valence-corrected chi connectivity index (χ2v) is 6.42. The van der Waals surface area contributed by atoms with E-state index in [4.69, 9.17) is 0 Å². The monoisotopic (exact) mass is 364 g/mol. The predicted molar refractivity (Wildman–Crippen MR) is 93.7 cm³/mol. The van der Waals surface area contributed by atoms with Gasteiger partial charge >= 0.3 is 17.8 Å². The lowest BCUT2D eigenvalue weighted by atomic mass is 10.2. The van der Waals surface area contributed by atoms with E-state index < -0.39 is 41.7 Å². The summed E-state index contributed by atoms with van der Waals surface area (Å²) in [6, 6.07) is -1.89.